The standard InChI is InChI=1S/C23H32O3/c1-4-22(24)9-7-19-20-15(2)13-16-14-23(25-11-12-26-23)10-6-17(16)18(20)5-8-21(19,22)3/h1,15,18-20,24H,5-14H2,2-3H3/t15-,18-,19+,20-,21+,22+/m1/s1. The molecule has 1 saturated heterocycles. The molecule has 0 radical (unpaired) electrons. The maximum atomic E-state index is 11.1. The minimum atomic E-state index is -0.904. The number of rotatable bonds is 0. The number of allylic oxidation sites excluding steroid dienone is 1. The van der Waals surface area contributed by atoms with Gasteiger partial charge >= 0.3 is 0 Å². The monoisotopic (exact) mass is 356 g/mol. The van der Waals surface area contributed by atoms with E-state index in [0.29, 0.717) is 23.7 Å². The summed E-state index contributed by atoms with van der Waals surface area (Å²) in [5, 5.41) is 11.1. The zero-order chi connectivity index (χ0) is 18.2. The van der Waals surface area contributed by atoms with E-state index in [1.807, 2.05) is 0 Å². The fourth-order valence-corrected chi connectivity index (χ4v) is 7.60. The molecule has 0 amide bonds. The van der Waals surface area contributed by atoms with E-state index in [9.17, 15) is 5.11 Å². The first kappa shape index (κ1) is 17.3. The summed E-state index contributed by atoms with van der Waals surface area (Å²) in [6.45, 7) is 6.19. The summed E-state index contributed by atoms with van der Waals surface area (Å²) < 4.78 is 12.0. The van der Waals surface area contributed by atoms with Crippen molar-refractivity contribution in [2.45, 2.75) is 76.6 Å². The van der Waals surface area contributed by atoms with Crippen molar-refractivity contribution in [1.29, 1.82) is 0 Å². The second-order valence-corrected chi connectivity index (χ2v) is 9.88. The van der Waals surface area contributed by atoms with Crippen molar-refractivity contribution in [2.24, 2.45) is 29.1 Å². The Morgan fingerprint density at radius 3 is 2.65 bits per heavy atom. The molecule has 5 rings (SSSR count). The molecule has 0 aromatic carbocycles. The summed E-state index contributed by atoms with van der Waals surface area (Å²) in [5.41, 5.74) is 2.33. The van der Waals surface area contributed by atoms with Crippen molar-refractivity contribution < 1.29 is 14.6 Å². The third kappa shape index (κ3) is 2.13. The van der Waals surface area contributed by atoms with Gasteiger partial charge in [0.25, 0.3) is 0 Å². The normalized spacial score (nSPS) is 49.5. The Bertz CT molecular complexity index is 682. The molecule has 6 atom stereocenters. The van der Waals surface area contributed by atoms with Crippen LogP contribution in [0, 0.1) is 41.4 Å². The molecule has 0 bridgehead atoms. The van der Waals surface area contributed by atoms with Gasteiger partial charge in [0.1, 0.15) is 5.60 Å². The van der Waals surface area contributed by atoms with Crippen molar-refractivity contribution in [3.63, 3.8) is 0 Å². The minimum absolute atomic E-state index is 0.108. The quantitative estimate of drug-likeness (QED) is 0.525. The summed E-state index contributed by atoms with van der Waals surface area (Å²) in [6, 6.07) is 0. The molecular formula is C23H32O3. The first-order valence-electron chi connectivity index (χ1n) is 10.6. The number of terminal acetylenes is 1. The van der Waals surface area contributed by atoms with E-state index in [1.165, 1.54) is 12.8 Å². The van der Waals surface area contributed by atoms with Gasteiger partial charge in [-0.2, -0.15) is 0 Å². The third-order valence-corrected chi connectivity index (χ3v) is 8.92. The van der Waals surface area contributed by atoms with E-state index in [1.54, 1.807) is 11.1 Å². The molecule has 3 heteroatoms. The number of hydrogen-bond donors (Lipinski definition) is 1. The van der Waals surface area contributed by atoms with E-state index in [0.717, 1.165) is 51.7 Å². The van der Waals surface area contributed by atoms with Gasteiger partial charge in [0.15, 0.2) is 5.79 Å². The van der Waals surface area contributed by atoms with Gasteiger partial charge in [0, 0.05) is 18.3 Å². The van der Waals surface area contributed by atoms with Crippen LogP contribution in [-0.4, -0.2) is 29.7 Å². The average molecular weight is 357 g/mol. The molecular weight excluding hydrogens is 324 g/mol. The van der Waals surface area contributed by atoms with Crippen LogP contribution in [0.4, 0.5) is 0 Å². The lowest BCUT2D eigenvalue weighted by molar-refractivity contribution is -0.167. The molecule has 1 spiro atoms. The van der Waals surface area contributed by atoms with E-state index in [2.05, 4.69) is 19.8 Å². The van der Waals surface area contributed by atoms with Crippen LogP contribution in [-0.2, 0) is 9.47 Å². The first-order chi connectivity index (χ1) is 12.4. The van der Waals surface area contributed by atoms with Gasteiger partial charge in [-0.25, -0.2) is 0 Å². The maximum absolute atomic E-state index is 11.1. The van der Waals surface area contributed by atoms with Gasteiger partial charge in [-0.1, -0.05) is 30.9 Å². The topological polar surface area (TPSA) is 38.7 Å². The van der Waals surface area contributed by atoms with Crippen LogP contribution >= 0.6 is 0 Å². The average Bonchev–Trinajstić information content (AvgIpc) is 3.18. The third-order valence-electron chi connectivity index (χ3n) is 8.92. The minimum Gasteiger partial charge on any atom is -0.377 e. The first-order valence-corrected chi connectivity index (χ1v) is 10.6. The van der Waals surface area contributed by atoms with Gasteiger partial charge in [-0.05, 0) is 62.2 Å². The van der Waals surface area contributed by atoms with Crippen molar-refractivity contribution in [1.82, 2.24) is 0 Å². The Kier molecular flexibility index (Phi) is 3.72. The smallest absolute Gasteiger partial charge is 0.172 e. The predicted molar refractivity (Wildman–Crippen MR) is 100 cm³/mol. The molecule has 1 aliphatic heterocycles. The van der Waals surface area contributed by atoms with Gasteiger partial charge in [0.2, 0.25) is 0 Å². The second-order valence-electron chi connectivity index (χ2n) is 9.88. The van der Waals surface area contributed by atoms with Crippen molar-refractivity contribution in [3.8, 4) is 12.3 Å². The Balaban J connectivity index is 1.47. The number of aliphatic hydroxyl groups is 1. The highest BCUT2D eigenvalue weighted by Gasteiger charge is 2.62. The highest BCUT2D eigenvalue weighted by atomic mass is 16.7. The number of hydrogen-bond acceptors (Lipinski definition) is 3. The zero-order valence-electron chi connectivity index (χ0n) is 16.2. The highest BCUT2D eigenvalue weighted by Crippen LogP contribution is 2.65. The summed E-state index contributed by atoms with van der Waals surface area (Å²) in [4.78, 5) is 0. The summed E-state index contributed by atoms with van der Waals surface area (Å²) in [5.74, 6) is 5.05. The Labute approximate surface area is 157 Å². The van der Waals surface area contributed by atoms with Crippen LogP contribution in [0.1, 0.15) is 65.2 Å². The van der Waals surface area contributed by atoms with Crippen LogP contribution in [0.5, 0.6) is 0 Å². The molecule has 3 fully saturated rings. The zero-order valence-corrected chi connectivity index (χ0v) is 16.2. The van der Waals surface area contributed by atoms with E-state index < -0.39 is 5.60 Å². The number of fused-ring (bicyclic) bond motifs is 4. The predicted octanol–water partition coefficient (Wildman–Crippen LogP) is 4.06. The number of ether oxygens (including phenoxy) is 2. The lowest BCUT2D eigenvalue weighted by Crippen LogP contribution is -2.52. The van der Waals surface area contributed by atoms with Crippen LogP contribution < -0.4 is 0 Å². The van der Waals surface area contributed by atoms with Crippen LogP contribution in [0.25, 0.3) is 0 Å². The molecule has 26 heavy (non-hydrogen) atoms. The van der Waals surface area contributed by atoms with E-state index in [-0.39, 0.29) is 11.2 Å². The van der Waals surface area contributed by atoms with Gasteiger partial charge in [-0.3, -0.25) is 0 Å². The highest BCUT2D eigenvalue weighted by molar-refractivity contribution is 5.31. The molecule has 0 aromatic heterocycles. The van der Waals surface area contributed by atoms with E-state index >= 15 is 0 Å². The second kappa shape index (κ2) is 5.60. The summed E-state index contributed by atoms with van der Waals surface area (Å²) in [7, 11) is 0. The van der Waals surface area contributed by atoms with Gasteiger partial charge < -0.3 is 14.6 Å². The van der Waals surface area contributed by atoms with Crippen molar-refractivity contribution >= 4 is 0 Å². The van der Waals surface area contributed by atoms with Gasteiger partial charge in [0.05, 0.1) is 13.2 Å². The fourth-order valence-electron chi connectivity index (χ4n) is 7.60. The van der Waals surface area contributed by atoms with E-state index in [4.69, 9.17) is 15.9 Å². The van der Waals surface area contributed by atoms with Crippen molar-refractivity contribution in [3.05, 3.63) is 11.1 Å². The van der Waals surface area contributed by atoms with Crippen LogP contribution in [0.2, 0.25) is 0 Å². The van der Waals surface area contributed by atoms with Gasteiger partial charge in [-0.15, -0.1) is 6.42 Å². The molecule has 0 unspecified atom stereocenters. The molecule has 4 aliphatic carbocycles. The molecule has 2 saturated carbocycles. The lowest BCUT2D eigenvalue weighted by atomic mass is 9.50. The van der Waals surface area contributed by atoms with Crippen molar-refractivity contribution in [2.75, 3.05) is 13.2 Å². The molecule has 0 aromatic rings. The molecule has 3 nitrogen and oxygen atoms in total. The fraction of sp³-hybridized carbons (Fsp3) is 0.826. The molecule has 1 heterocycles. The maximum Gasteiger partial charge on any atom is 0.172 e. The lowest BCUT2D eigenvalue weighted by Gasteiger charge is -2.55. The van der Waals surface area contributed by atoms with Crippen LogP contribution in [0.15, 0.2) is 11.1 Å². The molecule has 1 N–H and O–H groups in total. The Morgan fingerprint density at radius 1 is 1.15 bits per heavy atom. The Hall–Kier alpha value is -0.820. The summed E-state index contributed by atoms with van der Waals surface area (Å²) in [6.07, 6.45) is 14.2. The summed E-state index contributed by atoms with van der Waals surface area (Å²) >= 11 is 0. The Morgan fingerprint density at radius 2 is 1.92 bits per heavy atom. The largest absolute Gasteiger partial charge is 0.377 e. The van der Waals surface area contributed by atoms with Crippen LogP contribution in [0.3, 0.4) is 0 Å². The SMILES string of the molecule is C#C[C@]1(O)CC[C@H]2[C@@H]3[C@H](C)CC4=C(CCC5(C4)OCCO5)[C@H]3CC[C@@]21C. The molecule has 142 valence electrons. The molecule has 5 aliphatic rings.